The number of aromatic amines is 1. The number of pyridine rings is 1. The zero-order valence-electron chi connectivity index (χ0n) is 8.33. The standard InChI is InChI=1S/C7H7F3N2O4S/c1-3-6(17(11,14)15)5(13)4(2-12-3)16-7(8,9)10/h2H,1H3,(H,12,13)(H2,11,14,15). The van der Waals surface area contributed by atoms with Crippen molar-refractivity contribution in [2.45, 2.75) is 18.2 Å². The predicted octanol–water partition coefficient (Wildman–Crippen LogP) is 0.229. The van der Waals surface area contributed by atoms with Gasteiger partial charge in [0.2, 0.25) is 15.5 Å². The molecule has 1 rings (SSSR count). The summed E-state index contributed by atoms with van der Waals surface area (Å²) in [5.41, 5.74) is -1.62. The van der Waals surface area contributed by atoms with Crippen molar-refractivity contribution >= 4 is 10.0 Å². The molecule has 96 valence electrons. The third-order valence-corrected chi connectivity index (χ3v) is 2.76. The molecule has 3 N–H and O–H groups in total. The molecule has 0 aliphatic heterocycles. The van der Waals surface area contributed by atoms with Gasteiger partial charge in [-0.25, -0.2) is 13.6 Å². The number of rotatable bonds is 2. The van der Waals surface area contributed by atoms with Gasteiger partial charge < -0.3 is 9.72 Å². The van der Waals surface area contributed by atoms with Gasteiger partial charge in [0.25, 0.3) is 0 Å². The van der Waals surface area contributed by atoms with Gasteiger partial charge in [-0.3, -0.25) is 4.79 Å². The van der Waals surface area contributed by atoms with E-state index in [2.05, 4.69) is 9.72 Å². The van der Waals surface area contributed by atoms with Gasteiger partial charge in [0.05, 0.1) is 0 Å². The molecule has 0 saturated heterocycles. The molecule has 0 radical (unpaired) electrons. The molecule has 10 heteroatoms. The molecule has 1 heterocycles. The lowest BCUT2D eigenvalue weighted by atomic mass is 10.3. The van der Waals surface area contributed by atoms with Crippen molar-refractivity contribution in [3.63, 3.8) is 0 Å². The summed E-state index contributed by atoms with van der Waals surface area (Å²) in [5, 5.41) is 4.71. The van der Waals surface area contributed by atoms with E-state index in [0.29, 0.717) is 6.20 Å². The number of aromatic nitrogens is 1. The molecular formula is C7H7F3N2O4S. The lowest BCUT2D eigenvalue weighted by molar-refractivity contribution is -0.275. The van der Waals surface area contributed by atoms with Crippen molar-refractivity contribution in [3.05, 3.63) is 22.1 Å². The Bertz CT molecular complexity index is 590. The van der Waals surface area contributed by atoms with E-state index >= 15 is 0 Å². The number of halogens is 3. The third-order valence-electron chi connectivity index (χ3n) is 1.70. The molecule has 0 aliphatic rings. The molecule has 0 spiro atoms. The van der Waals surface area contributed by atoms with E-state index in [1.165, 1.54) is 6.92 Å². The SMILES string of the molecule is Cc1[nH]cc(OC(F)(F)F)c(=O)c1S(N)(=O)=O. The highest BCUT2D eigenvalue weighted by atomic mass is 32.2. The number of H-pyrrole nitrogens is 1. The van der Waals surface area contributed by atoms with Crippen LogP contribution >= 0.6 is 0 Å². The van der Waals surface area contributed by atoms with Crippen molar-refractivity contribution in [2.24, 2.45) is 5.14 Å². The Morgan fingerprint density at radius 1 is 1.41 bits per heavy atom. The molecule has 0 bridgehead atoms. The van der Waals surface area contributed by atoms with Crippen LogP contribution in [0.4, 0.5) is 13.2 Å². The maximum absolute atomic E-state index is 11.9. The lowest BCUT2D eigenvalue weighted by Gasteiger charge is -2.10. The monoisotopic (exact) mass is 272 g/mol. The van der Waals surface area contributed by atoms with Gasteiger partial charge in [-0.15, -0.1) is 13.2 Å². The quantitative estimate of drug-likeness (QED) is 0.804. The second kappa shape index (κ2) is 4.04. The van der Waals surface area contributed by atoms with Gasteiger partial charge >= 0.3 is 6.36 Å². The molecule has 0 unspecified atom stereocenters. The topological polar surface area (TPSA) is 102 Å². The van der Waals surface area contributed by atoms with E-state index in [9.17, 15) is 26.4 Å². The van der Waals surface area contributed by atoms with Crippen molar-refractivity contribution in [2.75, 3.05) is 0 Å². The zero-order valence-corrected chi connectivity index (χ0v) is 9.15. The van der Waals surface area contributed by atoms with Gasteiger partial charge in [0.1, 0.15) is 0 Å². The van der Waals surface area contributed by atoms with Crippen LogP contribution in [-0.4, -0.2) is 19.8 Å². The first-order valence-corrected chi connectivity index (χ1v) is 5.58. The Balaban J connectivity index is 3.46. The summed E-state index contributed by atoms with van der Waals surface area (Å²) in [5.74, 6) is -1.19. The normalized spacial score (nSPS) is 12.5. The number of nitrogens with two attached hydrogens (primary N) is 1. The van der Waals surface area contributed by atoms with E-state index < -0.39 is 32.5 Å². The van der Waals surface area contributed by atoms with Crippen LogP contribution in [0.25, 0.3) is 0 Å². The maximum atomic E-state index is 11.9. The summed E-state index contributed by atoms with van der Waals surface area (Å²) >= 11 is 0. The number of hydrogen-bond acceptors (Lipinski definition) is 4. The van der Waals surface area contributed by atoms with Crippen LogP contribution < -0.4 is 15.3 Å². The van der Waals surface area contributed by atoms with E-state index in [4.69, 9.17) is 5.14 Å². The van der Waals surface area contributed by atoms with Crippen LogP contribution in [0.5, 0.6) is 5.75 Å². The molecule has 0 saturated carbocycles. The molecule has 17 heavy (non-hydrogen) atoms. The summed E-state index contributed by atoms with van der Waals surface area (Å²) in [6.07, 6.45) is -4.49. The van der Waals surface area contributed by atoms with E-state index in [1.807, 2.05) is 0 Å². The lowest BCUT2D eigenvalue weighted by Crippen LogP contribution is -2.28. The van der Waals surface area contributed by atoms with Gasteiger partial charge in [-0.2, -0.15) is 0 Å². The first-order valence-electron chi connectivity index (χ1n) is 4.03. The summed E-state index contributed by atoms with van der Waals surface area (Å²) in [4.78, 5) is 12.6. The largest absolute Gasteiger partial charge is 0.573 e. The van der Waals surface area contributed by atoms with Crippen LogP contribution in [0.15, 0.2) is 15.9 Å². The number of hydrogen-bond donors (Lipinski definition) is 2. The number of alkyl halides is 3. The number of aryl methyl sites for hydroxylation is 1. The fraction of sp³-hybridized carbons (Fsp3) is 0.286. The summed E-state index contributed by atoms with van der Waals surface area (Å²) in [6, 6.07) is 0. The minimum absolute atomic E-state index is 0.174. The molecule has 0 fully saturated rings. The average molecular weight is 272 g/mol. The Kier molecular flexibility index (Phi) is 3.21. The van der Waals surface area contributed by atoms with Gasteiger partial charge in [-0.05, 0) is 6.92 Å². The zero-order chi connectivity index (χ0) is 13.4. The highest BCUT2D eigenvalue weighted by Crippen LogP contribution is 2.20. The Morgan fingerprint density at radius 2 is 1.94 bits per heavy atom. The van der Waals surface area contributed by atoms with E-state index in [1.54, 1.807) is 0 Å². The van der Waals surface area contributed by atoms with E-state index in [0.717, 1.165) is 0 Å². The number of nitrogens with one attached hydrogen (secondary N) is 1. The second-order valence-corrected chi connectivity index (χ2v) is 4.53. The first kappa shape index (κ1) is 13.5. The fourth-order valence-electron chi connectivity index (χ4n) is 1.13. The average Bonchev–Trinajstić information content (AvgIpc) is 2.06. The van der Waals surface area contributed by atoms with Gasteiger partial charge in [0, 0.05) is 11.9 Å². The van der Waals surface area contributed by atoms with Crippen LogP contribution in [0.2, 0.25) is 0 Å². The van der Waals surface area contributed by atoms with Crippen molar-refractivity contribution < 1.29 is 26.3 Å². The third kappa shape index (κ3) is 3.20. The fourth-order valence-corrected chi connectivity index (χ4v) is 1.97. The van der Waals surface area contributed by atoms with E-state index in [-0.39, 0.29) is 5.69 Å². The van der Waals surface area contributed by atoms with Crippen LogP contribution in [0.1, 0.15) is 5.69 Å². The highest BCUT2D eigenvalue weighted by Gasteiger charge is 2.33. The molecule has 0 aliphatic carbocycles. The highest BCUT2D eigenvalue weighted by molar-refractivity contribution is 7.89. The molecular weight excluding hydrogens is 265 g/mol. The molecule has 0 aromatic carbocycles. The Hall–Kier alpha value is -1.55. The molecule has 0 atom stereocenters. The number of ether oxygens (including phenoxy) is 1. The summed E-state index contributed by atoms with van der Waals surface area (Å²) in [7, 11) is -4.43. The van der Waals surface area contributed by atoms with Gasteiger partial charge in [0.15, 0.2) is 10.6 Å². The Labute approximate surface area is 93.3 Å². The number of sulfonamides is 1. The molecule has 1 aromatic heterocycles. The summed E-state index contributed by atoms with van der Waals surface area (Å²) < 4.78 is 61.1. The maximum Gasteiger partial charge on any atom is 0.573 e. The van der Waals surface area contributed by atoms with Crippen molar-refractivity contribution in [3.8, 4) is 5.75 Å². The van der Waals surface area contributed by atoms with Crippen molar-refractivity contribution in [1.29, 1.82) is 0 Å². The Morgan fingerprint density at radius 3 is 2.35 bits per heavy atom. The summed E-state index contributed by atoms with van der Waals surface area (Å²) in [6.45, 7) is 1.18. The molecule has 1 aromatic rings. The smallest absolute Gasteiger partial charge is 0.400 e. The minimum atomic E-state index is -5.10. The first-order chi connectivity index (χ1) is 7.52. The van der Waals surface area contributed by atoms with Crippen LogP contribution in [-0.2, 0) is 10.0 Å². The second-order valence-electron chi connectivity index (χ2n) is 3.03. The minimum Gasteiger partial charge on any atom is -0.400 e. The number of primary sulfonamides is 1. The molecule has 6 nitrogen and oxygen atoms in total. The van der Waals surface area contributed by atoms with Crippen molar-refractivity contribution in [1.82, 2.24) is 4.98 Å². The molecule has 0 amide bonds. The van der Waals surface area contributed by atoms with Crippen LogP contribution in [0, 0.1) is 6.92 Å². The van der Waals surface area contributed by atoms with Gasteiger partial charge in [-0.1, -0.05) is 0 Å². The van der Waals surface area contributed by atoms with Crippen LogP contribution in [0.3, 0.4) is 0 Å². The predicted molar refractivity (Wildman–Crippen MR) is 49.9 cm³/mol.